The number of anilines is 2. The van der Waals surface area contributed by atoms with Crippen molar-refractivity contribution in [1.29, 1.82) is 0 Å². The van der Waals surface area contributed by atoms with E-state index in [1.165, 1.54) is 10.7 Å². The number of hydrogen-bond acceptors (Lipinski definition) is 4. The molecule has 2 rings (SSSR count). The summed E-state index contributed by atoms with van der Waals surface area (Å²) < 4.78 is 15.3. The summed E-state index contributed by atoms with van der Waals surface area (Å²) in [4.78, 5) is 7.94. The van der Waals surface area contributed by atoms with Crippen molar-refractivity contribution in [3.63, 3.8) is 0 Å². The molecule has 0 saturated carbocycles. The molecule has 0 aliphatic rings. The van der Waals surface area contributed by atoms with Gasteiger partial charge >= 0.3 is 0 Å². The zero-order valence-corrected chi connectivity index (χ0v) is 10.9. The Hall–Kier alpha value is -2.11. The lowest BCUT2D eigenvalue weighted by Crippen LogP contribution is -2.15. The van der Waals surface area contributed by atoms with Crippen LogP contribution in [0.15, 0.2) is 24.3 Å². The topological polar surface area (TPSA) is 37.2 Å². The van der Waals surface area contributed by atoms with Gasteiger partial charge in [-0.15, -0.1) is 5.10 Å². The molecule has 96 valence electrons. The maximum Gasteiger partial charge on any atom is 0.246 e. The highest BCUT2D eigenvalue weighted by Crippen LogP contribution is 2.21. The predicted molar refractivity (Wildman–Crippen MR) is 70.0 cm³/mol. The highest BCUT2D eigenvalue weighted by Gasteiger charge is 2.16. The van der Waals surface area contributed by atoms with E-state index in [0.717, 1.165) is 0 Å². The lowest BCUT2D eigenvalue weighted by molar-refractivity contribution is 0.610. The summed E-state index contributed by atoms with van der Waals surface area (Å²) in [5, 5.41) is 4.31. The normalized spacial score (nSPS) is 10.5. The van der Waals surface area contributed by atoms with Crippen LogP contribution in [0.2, 0.25) is 0 Å². The minimum atomic E-state index is -0.323. The Labute approximate surface area is 105 Å². The first-order chi connectivity index (χ1) is 8.50. The second kappa shape index (κ2) is 4.64. The number of para-hydroxylation sites is 1. The second-order valence-electron chi connectivity index (χ2n) is 4.36. The molecule has 0 spiro atoms. The Morgan fingerprint density at radius 2 is 1.72 bits per heavy atom. The van der Waals surface area contributed by atoms with Crippen molar-refractivity contribution >= 4 is 11.9 Å². The number of nitrogens with zero attached hydrogens (tertiary/aromatic N) is 5. The van der Waals surface area contributed by atoms with Gasteiger partial charge in [-0.05, 0) is 12.1 Å². The molecule has 0 bridgehead atoms. The van der Waals surface area contributed by atoms with Gasteiger partial charge in [-0.2, -0.15) is 9.67 Å². The molecule has 0 radical (unpaired) electrons. The van der Waals surface area contributed by atoms with Gasteiger partial charge in [0.05, 0.1) is 0 Å². The average Bonchev–Trinajstić information content (AvgIpc) is 2.74. The number of benzene rings is 1. The van der Waals surface area contributed by atoms with Crippen LogP contribution in [0.25, 0.3) is 5.69 Å². The number of halogens is 1. The molecule has 0 N–H and O–H groups in total. The molecule has 6 heteroatoms. The molecular weight excluding hydrogens is 233 g/mol. The lowest BCUT2D eigenvalue weighted by atomic mass is 10.3. The van der Waals surface area contributed by atoms with Crippen LogP contribution in [0.4, 0.5) is 16.3 Å². The average molecular weight is 249 g/mol. The molecule has 0 aliphatic heterocycles. The summed E-state index contributed by atoms with van der Waals surface area (Å²) in [6.07, 6.45) is 0. The summed E-state index contributed by atoms with van der Waals surface area (Å²) in [5.74, 6) is 0.807. The zero-order chi connectivity index (χ0) is 13.3. The van der Waals surface area contributed by atoms with E-state index in [9.17, 15) is 4.39 Å². The van der Waals surface area contributed by atoms with Gasteiger partial charge in [0.25, 0.3) is 0 Å². The van der Waals surface area contributed by atoms with E-state index in [4.69, 9.17) is 0 Å². The van der Waals surface area contributed by atoms with E-state index < -0.39 is 0 Å². The molecular formula is C12H16FN5. The van der Waals surface area contributed by atoms with Crippen molar-refractivity contribution in [2.75, 3.05) is 38.0 Å². The minimum Gasteiger partial charge on any atom is -0.347 e. The molecule has 0 unspecified atom stereocenters. The smallest absolute Gasteiger partial charge is 0.246 e. The fourth-order valence-electron chi connectivity index (χ4n) is 1.56. The molecule has 1 aromatic carbocycles. The van der Waals surface area contributed by atoms with Gasteiger partial charge in [0.2, 0.25) is 11.9 Å². The molecule has 0 fully saturated rings. The van der Waals surface area contributed by atoms with Gasteiger partial charge in [0.15, 0.2) is 0 Å². The van der Waals surface area contributed by atoms with Crippen LogP contribution in [0.3, 0.4) is 0 Å². The summed E-state index contributed by atoms with van der Waals surface area (Å²) >= 11 is 0. The summed E-state index contributed by atoms with van der Waals surface area (Å²) in [6, 6.07) is 6.51. The summed E-state index contributed by atoms with van der Waals surface area (Å²) in [6.45, 7) is 0. The van der Waals surface area contributed by atoms with Crippen molar-refractivity contribution < 1.29 is 4.39 Å². The van der Waals surface area contributed by atoms with E-state index in [2.05, 4.69) is 10.1 Å². The van der Waals surface area contributed by atoms with Gasteiger partial charge in [0.1, 0.15) is 11.5 Å². The molecule has 0 aliphatic carbocycles. The first-order valence-electron chi connectivity index (χ1n) is 5.57. The van der Waals surface area contributed by atoms with Crippen LogP contribution in [0.1, 0.15) is 0 Å². The standard InChI is InChI=1S/C12H16FN5/c1-16(2)11-14-12(17(3)4)18(15-11)10-8-6-5-7-9(10)13/h5-8H,1-4H3. The van der Waals surface area contributed by atoms with E-state index >= 15 is 0 Å². The number of aromatic nitrogens is 3. The van der Waals surface area contributed by atoms with Crippen molar-refractivity contribution in [2.45, 2.75) is 0 Å². The first kappa shape index (κ1) is 12.3. The number of hydrogen-bond donors (Lipinski definition) is 0. The fourth-order valence-corrected chi connectivity index (χ4v) is 1.56. The molecule has 0 amide bonds. The van der Waals surface area contributed by atoms with Crippen LogP contribution in [-0.4, -0.2) is 43.0 Å². The summed E-state index contributed by atoms with van der Waals surface area (Å²) in [7, 11) is 7.39. The van der Waals surface area contributed by atoms with Crippen LogP contribution >= 0.6 is 0 Å². The molecule has 5 nitrogen and oxygen atoms in total. The van der Waals surface area contributed by atoms with Gasteiger partial charge in [0, 0.05) is 28.2 Å². The second-order valence-corrected chi connectivity index (χ2v) is 4.36. The Kier molecular flexibility index (Phi) is 3.18. The monoisotopic (exact) mass is 249 g/mol. The highest BCUT2D eigenvalue weighted by atomic mass is 19.1. The molecule has 2 aromatic rings. The van der Waals surface area contributed by atoms with E-state index in [1.807, 2.05) is 28.2 Å². The van der Waals surface area contributed by atoms with Crippen molar-refractivity contribution in [3.05, 3.63) is 30.1 Å². The Bertz CT molecular complexity index is 547. The van der Waals surface area contributed by atoms with E-state index in [-0.39, 0.29) is 5.82 Å². The largest absolute Gasteiger partial charge is 0.347 e. The third kappa shape index (κ3) is 2.13. The Morgan fingerprint density at radius 3 is 2.28 bits per heavy atom. The minimum absolute atomic E-state index is 0.323. The molecule has 0 saturated heterocycles. The van der Waals surface area contributed by atoms with Gasteiger partial charge < -0.3 is 9.80 Å². The zero-order valence-electron chi connectivity index (χ0n) is 10.9. The lowest BCUT2D eigenvalue weighted by Gasteiger charge is -2.12. The van der Waals surface area contributed by atoms with Crippen LogP contribution < -0.4 is 9.80 Å². The fraction of sp³-hybridized carbons (Fsp3) is 0.333. The van der Waals surface area contributed by atoms with Crippen LogP contribution in [0, 0.1) is 5.82 Å². The quantitative estimate of drug-likeness (QED) is 0.827. The third-order valence-electron chi connectivity index (χ3n) is 2.46. The molecule has 18 heavy (non-hydrogen) atoms. The van der Waals surface area contributed by atoms with Crippen molar-refractivity contribution in [1.82, 2.24) is 14.8 Å². The highest BCUT2D eigenvalue weighted by molar-refractivity contribution is 5.46. The van der Waals surface area contributed by atoms with Crippen molar-refractivity contribution in [3.8, 4) is 5.69 Å². The van der Waals surface area contributed by atoms with Gasteiger partial charge in [-0.3, -0.25) is 0 Å². The maximum absolute atomic E-state index is 13.8. The maximum atomic E-state index is 13.8. The van der Waals surface area contributed by atoms with Crippen LogP contribution in [-0.2, 0) is 0 Å². The predicted octanol–water partition coefficient (Wildman–Crippen LogP) is 1.54. The van der Waals surface area contributed by atoms with E-state index in [1.54, 1.807) is 28.0 Å². The summed E-state index contributed by atoms with van der Waals surface area (Å²) in [5.41, 5.74) is 0.391. The number of rotatable bonds is 3. The first-order valence-corrected chi connectivity index (χ1v) is 5.57. The van der Waals surface area contributed by atoms with Crippen LogP contribution in [0.5, 0.6) is 0 Å². The molecule has 1 heterocycles. The SMILES string of the molecule is CN(C)c1nc(N(C)C)n(-c2ccccc2F)n1. The van der Waals surface area contributed by atoms with Crippen molar-refractivity contribution in [2.24, 2.45) is 0 Å². The molecule has 0 atom stereocenters. The van der Waals surface area contributed by atoms with Gasteiger partial charge in [-0.25, -0.2) is 4.39 Å². The van der Waals surface area contributed by atoms with Gasteiger partial charge in [-0.1, -0.05) is 12.1 Å². The van der Waals surface area contributed by atoms with E-state index in [0.29, 0.717) is 17.6 Å². The molecule has 1 aromatic heterocycles. The Balaban J connectivity index is 2.59. The third-order valence-corrected chi connectivity index (χ3v) is 2.46. The Morgan fingerprint density at radius 1 is 1.06 bits per heavy atom.